The van der Waals surface area contributed by atoms with E-state index in [0.717, 1.165) is 0 Å². The van der Waals surface area contributed by atoms with Crippen LogP contribution in [0.15, 0.2) is 0 Å². The van der Waals surface area contributed by atoms with Gasteiger partial charge in [-0.15, -0.1) is 0 Å². The molecule has 0 aliphatic heterocycles. The highest BCUT2D eigenvalue weighted by Crippen LogP contribution is 2.06. The average molecular weight is 203 g/mol. The maximum atomic E-state index is 11.3. The molecule has 5 heteroatoms. The Labute approximate surface area is 80.0 Å². The van der Waals surface area contributed by atoms with Crippen LogP contribution in [0.3, 0.4) is 0 Å². The summed E-state index contributed by atoms with van der Waals surface area (Å²) in [6, 6.07) is 1.90. The zero-order valence-corrected chi connectivity index (χ0v) is 8.50. The van der Waals surface area contributed by atoms with E-state index >= 15 is 0 Å². The van der Waals surface area contributed by atoms with Gasteiger partial charge < -0.3 is 5.11 Å². The van der Waals surface area contributed by atoms with E-state index in [0.29, 0.717) is 6.42 Å². The summed E-state index contributed by atoms with van der Waals surface area (Å²) in [7, 11) is -1.35. The van der Waals surface area contributed by atoms with Gasteiger partial charge in [0.2, 0.25) is 0 Å². The number of aliphatic carboxylic acids is 1. The van der Waals surface area contributed by atoms with Crippen LogP contribution in [0.1, 0.15) is 20.3 Å². The monoisotopic (exact) mass is 203 g/mol. The molecular formula is C8H13NO3S. The number of hydrogen-bond acceptors (Lipinski definition) is 3. The third-order valence-electron chi connectivity index (χ3n) is 1.67. The van der Waals surface area contributed by atoms with Crippen molar-refractivity contribution in [2.45, 2.75) is 25.5 Å². The van der Waals surface area contributed by atoms with Crippen LogP contribution < -0.4 is 0 Å². The number of rotatable bonds is 5. The summed E-state index contributed by atoms with van der Waals surface area (Å²) in [5.41, 5.74) is 0. The molecule has 0 aromatic heterocycles. The van der Waals surface area contributed by atoms with Crippen LogP contribution >= 0.6 is 0 Å². The Morgan fingerprint density at radius 2 is 2.23 bits per heavy atom. The predicted octanol–water partition coefficient (Wildman–Crippen LogP) is 0.758. The number of nitrogens with zero attached hydrogens (tertiary/aromatic N) is 1. The van der Waals surface area contributed by atoms with E-state index in [4.69, 9.17) is 10.4 Å². The number of carboxylic acids is 1. The Hall–Kier alpha value is -0.890. The summed E-state index contributed by atoms with van der Waals surface area (Å²) in [5, 5.41) is 16.6. The smallest absolute Gasteiger partial charge is 0.307 e. The first-order valence-corrected chi connectivity index (χ1v) is 5.40. The standard InChI is InChI=1S/C8H13NO3S/c1-3-7(4-9)13(12)5-6(2)8(10)11/h6-7H,3,5H2,1-2H3,(H,10,11). The number of carboxylic acid groups (broad SMARTS) is 1. The van der Waals surface area contributed by atoms with Gasteiger partial charge in [-0.2, -0.15) is 5.26 Å². The fraction of sp³-hybridized carbons (Fsp3) is 0.750. The lowest BCUT2D eigenvalue weighted by atomic mass is 10.2. The average Bonchev–Trinajstić information content (AvgIpc) is 2.06. The van der Waals surface area contributed by atoms with Crippen molar-refractivity contribution in [3.8, 4) is 6.07 Å². The zero-order chi connectivity index (χ0) is 10.4. The fourth-order valence-corrected chi connectivity index (χ4v) is 2.13. The Morgan fingerprint density at radius 1 is 1.69 bits per heavy atom. The molecule has 0 radical (unpaired) electrons. The second-order valence-electron chi connectivity index (χ2n) is 2.81. The first-order valence-electron chi connectivity index (χ1n) is 4.02. The van der Waals surface area contributed by atoms with E-state index in [1.54, 1.807) is 6.92 Å². The van der Waals surface area contributed by atoms with Crippen molar-refractivity contribution < 1.29 is 14.1 Å². The van der Waals surface area contributed by atoms with E-state index in [2.05, 4.69) is 0 Å². The van der Waals surface area contributed by atoms with Crippen LogP contribution in [0.2, 0.25) is 0 Å². The van der Waals surface area contributed by atoms with Gasteiger partial charge in [0.15, 0.2) is 0 Å². The number of hydrogen-bond donors (Lipinski definition) is 1. The van der Waals surface area contributed by atoms with Gasteiger partial charge in [0.25, 0.3) is 0 Å². The molecule has 3 unspecified atom stereocenters. The van der Waals surface area contributed by atoms with E-state index in [-0.39, 0.29) is 5.75 Å². The molecule has 0 saturated carbocycles. The SMILES string of the molecule is CCC(C#N)S(=O)CC(C)C(=O)O. The van der Waals surface area contributed by atoms with Gasteiger partial charge >= 0.3 is 5.97 Å². The summed E-state index contributed by atoms with van der Waals surface area (Å²) in [5.74, 6) is -1.56. The third kappa shape index (κ3) is 4.04. The molecule has 0 heterocycles. The van der Waals surface area contributed by atoms with Gasteiger partial charge in [-0.1, -0.05) is 13.8 Å². The third-order valence-corrected chi connectivity index (χ3v) is 3.57. The number of nitriles is 1. The highest BCUT2D eigenvalue weighted by Gasteiger charge is 2.20. The van der Waals surface area contributed by atoms with Crippen molar-refractivity contribution >= 4 is 16.8 Å². The normalized spacial score (nSPS) is 17.0. The summed E-state index contributed by atoms with van der Waals surface area (Å²) in [6.07, 6.45) is 0.495. The van der Waals surface area contributed by atoms with Gasteiger partial charge in [0.1, 0.15) is 5.25 Å². The molecule has 4 nitrogen and oxygen atoms in total. The molecule has 1 N–H and O–H groups in total. The van der Waals surface area contributed by atoms with Crippen LogP contribution in [-0.4, -0.2) is 26.3 Å². The van der Waals surface area contributed by atoms with Gasteiger partial charge in [0, 0.05) is 16.6 Å². The van der Waals surface area contributed by atoms with Crippen molar-refractivity contribution in [3.63, 3.8) is 0 Å². The zero-order valence-electron chi connectivity index (χ0n) is 7.69. The Bertz CT molecular complexity index is 246. The molecule has 0 saturated heterocycles. The lowest BCUT2D eigenvalue weighted by Gasteiger charge is -2.08. The van der Waals surface area contributed by atoms with E-state index in [9.17, 15) is 9.00 Å². The van der Waals surface area contributed by atoms with Gasteiger partial charge in [-0.3, -0.25) is 9.00 Å². The van der Waals surface area contributed by atoms with Crippen LogP contribution in [0.5, 0.6) is 0 Å². The summed E-state index contributed by atoms with van der Waals surface area (Å²) >= 11 is 0. The number of carbonyl (C=O) groups is 1. The van der Waals surface area contributed by atoms with Crippen LogP contribution in [0.4, 0.5) is 0 Å². The molecule has 0 aliphatic rings. The van der Waals surface area contributed by atoms with Crippen molar-refractivity contribution in [3.05, 3.63) is 0 Å². The molecule has 0 amide bonds. The quantitative estimate of drug-likeness (QED) is 0.715. The minimum Gasteiger partial charge on any atom is -0.481 e. The minimum atomic E-state index is -1.35. The van der Waals surface area contributed by atoms with Gasteiger partial charge in [-0.25, -0.2) is 0 Å². The maximum Gasteiger partial charge on any atom is 0.307 e. The van der Waals surface area contributed by atoms with Crippen LogP contribution in [0.25, 0.3) is 0 Å². The Balaban J connectivity index is 4.15. The minimum absolute atomic E-state index is 0.0569. The first-order chi connectivity index (χ1) is 6.02. The maximum absolute atomic E-state index is 11.3. The van der Waals surface area contributed by atoms with Gasteiger partial charge in [0.05, 0.1) is 12.0 Å². The molecular weight excluding hydrogens is 190 g/mol. The first kappa shape index (κ1) is 12.1. The Kier molecular flexibility index (Phi) is 5.31. The summed E-state index contributed by atoms with van der Waals surface area (Å²) < 4.78 is 11.3. The van der Waals surface area contributed by atoms with Crippen molar-refractivity contribution in [2.75, 3.05) is 5.75 Å². The highest BCUT2D eigenvalue weighted by atomic mass is 32.2. The molecule has 0 aromatic carbocycles. The van der Waals surface area contributed by atoms with Crippen LogP contribution in [0, 0.1) is 17.2 Å². The highest BCUT2D eigenvalue weighted by molar-refractivity contribution is 7.85. The topological polar surface area (TPSA) is 78.2 Å². The molecule has 74 valence electrons. The molecule has 0 aromatic rings. The van der Waals surface area contributed by atoms with E-state index in [1.807, 2.05) is 6.07 Å². The molecule has 0 rings (SSSR count). The molecule has 3 atom stereocenters. The predicted molar refractivity (Wildman–Crippen MR) is 49.5 cm³/mol. The molecule has 0 bridgehead atoms. The summed E-state index contributed by atoms with van der Waals surface area (Å²) in [6.45, 7) is 3.25. The summed E-state index contributed by atoms with van der Waals surface area (Å²) in [4.78, 5) is 10.4. The van der Waals surface area contributed by atoms with Crippen molar-refractivity contribution in [2.24, 2.45) is 5.92 Å². The molecule has 0 fully saturated rings. The van der Waals surface area contributed by atoms with Crippen molar-refractivity contribution in [1.29, 1.82) is 5.26 Å². The largest absolute Gasteiger partial charge is 0.481 e. The molecule has 13 heavy (non-hydrogen) atoms. The van der Waals surface area contributed by atoms with Gasteiger partial charge in [-0.05, 0) is 6.42 Å². The lowest BCUT2D eigenvalue weighted by molar-refractivity contribution is -0.140. The van der Waals surface area contributed by atoms with E-state index < -0.39 is 27.9 Å². The second kappa shape index (κ2) is 5.70. The Morgan fingerprint density at radius 3 is 2.54 bits per heavy atom. The van der Waals surface area contributed by atoms with Crippen LogP contribution in [-0.2, 0) is 15.6 Å². The second-order valence-corrected chi connectivity index (χ2v) is 4.48. The lowest BCUT2D eigenvalue weighted by Crippen LogP contribution is -2.23. The van der Waals surface area contributed by atoms with Crippen molar-refractivity contribution in [1.82, 2.24) is 0 Å². The molecule has 0 aliphatic carbocycles. The fourth-order valence-electron chi connectivity index (χ4n) is 0.770. The van der Waals surface area contributed by atoms with E-state index in [1.165, 1.54) is 6.92 Å². The molecule has 0 spiro atoms.